The second-order valence-electron chi connectivity index (χ2n) is 3.92. The Kier molecular flexibility index (Phi) is 1.83. The van der Waals surface area contributed by atoms with Crippen LogP contribution in [-0.4, -0.2) is 29.2 Å². The maximum Gasteiger partial charge on any atom is 0.227 e. The third kappa shape index (κ3) is 0.959. The molecule has 3 nitrogen and oxygen atoms in total. The first-order chi connectivity index (χ1) is 5.72. The predicted molar refractivity (Wildman–Crippen MR) is 44.2 cm³/mol. The molecule has 68 valence electrons. The van der Waals surface area contributed by atoms with Gasteiger partial charge in [0, 0.05) is 18.9 Å². The van der Waals surface area contributed by atoms with Crippen LogP contribution in [0.4, 0.5) is 0 Å². The Morgan fingerprint density at radius 2 is 2.08 bits per heavy atom. The predicted octanol–water partition coefficient (Wildman–Crippen LogP) is 0.583. The lowest BCUT2D eigenvalue weighted by Gasteiger charge is -2.24. The summed E-state index contributed by atoms with van der Waals surface area (Å²) in [6.07, 6.45) is 3.79. The highest BCUT2D eigenvalue weighted by Crippen LogP contribution is 2.39. The summed E-state index contributed by atoms with van der Waals surface area (Å²) in [5, 5.41) is 9.67. The largest absolute Gasteiger partial charge is 0.373 e. The van der Waals surface area contributed by atoms with Gasteiger partial charge in [0.25, 0.3) is 0 Å². The molecule has 2 fully saturated rings. The average molecular weight is 169 g/mol. The van der Waals surface area contributed by atoms with Crippen LogP contribution >= 0.6 is 0 Å². The molecule has 0 aromatic rings. The van der Waals surface area contributed by atoms with Crippen molar-refractivity contribution in [3.05, 3.63) is 0 Å². The van der Waals surface area contributed by atoms with Crippen LogP contribution in [0.15, 0.2) is 0 Å². The number of amides is 1. The summed E-state index contributed by atoms with van der Waals surface area (Å²) in [4.78, 5) is 13.0. The first-order valence-corrected chi connectivity index (χ1v) is 4.66. The minimum absolute atomic E-state index is 0.124. The smallest absolute Gasteiger partial charge is 0.227 e. The number of hydrogen-bond acceptors (Lipinski definition) is 2. The molecule has 1 saturated carbocycles. The van der Waals surface area contributed by atoms with Gasteiger partial charge in [0.1, 0.15) is 6.23 Å². The van der Waals surface area contributed by atoms with E-state index in [-0.39, 0.29) is 17.7 Å². The van der Waals surface area contributed by atoms with Crippen molar-refractivity contribution in [3.63, 3.8) is 0 Å². The number of fused-ring (bicyclic) bond motifs is 1. The van der Waals surface area contributed by atoms with Gasteiger partial charge >= 0.3 is 0 Å². The molecule has 2 aliphatic rings. The molecular weight excluding hydrogens is 154 g/mol. The number of aliphatic hydroxyl groups is 1. The Morgan fingerprint density at radius 3 is 2.75 bits per heavy atom. The molecule has 0 aromatic heterocycles. The second-order valence-corrected chi connectivity index (χ2v) is 3.92. The summed E-state index contributed by atoms with van der Waals surface area (Å²) in [5.74, 6) is 0.488. The number of carbonyl (C=O) groups excluding carboxylic acids is 1. The highest BCUT2D eigenvalue weighted by molar-refractivity contribution is 5.81. The summed E-state index contributed by atoms with van der Waals surface area (Å²) in [5.41, 5.74) is 0. The summed E-state index contributed by atoms with van der Waals surface area (Å²) < 4.78 is 0. The zero-order chi connectivity index (χ0) is 8.72. The number of likely N-dealkylation sites (tertiary alicyclic amines) is 1. The van der Waals surface area contributed by atoms with E-state index in [1.807, 2.05) is 0 Å². The van der Waals surface area contributed by atoms with E-state index in [2.05, 4.69) is 0 Å². The van der Waals surface area contributed by atoms with Gasteiger partial charge in [0.2, 0.25) is 5.91 Å². The minimum atomic E-state index is -0.511. The minimum Gasteiger partial charge on any atom is -0.373 e. The van der Waals surface area contributed by atoms with Crippen LogP contribution < -0.4 is 0 Å². The lowest BCUT2D eigenvalue weighted by Crippen LogP contribution is -2.31. The van der Waals surface area contributed by atoms with Crippen molar-refractivity contribution in [3.8, 4) is 0 Å². The van der Waals surface area contributed by atoms with Crippen molar-refractivity contribution < 1.29 is 9.90 Å². The molecule has 1 heterocycles. The molecule has 0 bridgehead atoms. The average Bonchev–Trinajstić information content (AvgIpc) is 2.33. The molecule has 12 heavy (non-hydrogen) atoms. The Labute approximate surface area is 72.4 Å². The zero-order valence-electron chi connectivity index (χ0n) is 7.36. The van der Waals surface area contributed by atoms with Crippen LogP contribution in [0.2, 0.25) is 0 Å². The molecule has 0 aromatic carbocycles. The van der Waals surface area contributed by atoms with Crippen molar-refractivity contribution in [2.24, 2.45) is 11.8 Å². The molecule has 3 atom stereocenters. The third-order valence-electron chi connectivity index (χ3n) is 3.26. The van der Waals surface area contributed by atoms with Crippen molar-refractivity contribution >= 4 is 5.91 Å². The molecule has 1 N–H and O–H groups in total. The summed E-state index contributed by atoms with van der Waals surface area (Å²) in [7, 11) is 1.70. The summed E-state index contributed by atoms with van der Waals surface area (Å²) in [6.45, 7) is 0. The number of aliphatic hydroxyl groups excluding tert-OH is 1. The van der Waals surface area contributed by atoms with Crippen LogP contribution in [0.3, 0.4) is 0 Å². The quantitative estimate of drug-likeness (QED) is 0.576. The van der Waals surface area contributed by atoms with E-state index < -0.39 is 6.23 Å². The van der Waals surface area contributed by atoms with Crippen LogP contribution in [0.25, 0.3) is 0 Å². The number of nitrogens with zero attached hydrogens (tertiary/aromatic N) is 1. The maximum atomic E-state index is 11.5. The molecule has 0 radical (unpaired) electrons. The maximum absolute atomic E-state index is 11.5. The van der Waals surface area contributed by atoms with Gasteiger partial charge < -0.3 is 10.0 Å². The van der Waals surface area contributed by atoms with Gasteiger partial charge in [-0.25, -0.2) is 0 Å². The van der Waals surface area contributed by atoms with Crippen LogP contribution in [0.1, 0.15) is 25.7 Å². The van der Waals surface area contributed by atoms with E-state index in [1.165, 1.54) is 11.3 Å². The van der Waals surface area contributed by atoms with Crippen molar-refractivity contribution in [1.82, 2.24) is 4.90 Å². The highest BCUT2D eigenvalue weighted by Gasteiger charge is 2.45. The molecule has 2 rings (SSSR count). The summed E-state index contributed by atoms with van der Waals surface area (Å²) in [6, 6.07) is 0. The normalized spacial score (nSPS) is 41.7. The Bertz CT molecular complexity index is 205. The number of carbonyl (C=O) groups is 1. The lowest BCUT2D eigenvalue weighted by atomic mass is 9.81. The van der Waals surface area contributed by atoms with Crippen LogP contribution in [0.5, 0.6) is 0 Å². The number of rotatable bonds is 0. The van der Waals surface area contributed by atoms with E-state index in [1.54, 1.807) is 7.05 Å². The van der Waals surface area contributed by atoms with E-state index in [9.17, 15) is 9.90 Å². The topological polar surface area (TPSA) is 40.5 Å². The van der Waals surface area contributed by atoms with E-state index in [0.29, 0.717) is 0 Å². The fraction of sp³-hybridized carbons (Fsp3) is 0.889. The van der Waals surface area contributed by atoms with E-state index in [4.69, 9.17) is 0 Å². The zero-order valence-corrected chi connectivity index (χ0v) is 7.36. The fourth-order valence-electron chi connectivity index (χ4n) is 2.50. The van der Waals surface area contributed by atoms with E-state index in [0.717, 1.165) is 19.3 Å². The summed E-state index contributed by atoms with van der Waals surface area (Å²) >= 11 is 0. The fourth-order valence-corrected chi connectivity index (χ4v) is 2.50. The Morgan fingerprint density at radius 1 is 1.42 bits per heavy atom. The highest BCUT2D eigenvalue weighted by atomic mass is 16.3. The molecule has 1 saturated heterocycles. The van der Waals surface area contributed by atoms with Gasteiger partial charge in [0.15, 0.2) is 0 Å². The lowest BCUT2D eigenvalue weighted by molar-refractivity contribution is -0.133. The van der Waals surface area contributed by atoms with Crippen molar-refractivity contribution in [2.75, 3.05) is 7.05 Å². The standard InChI is InChI=1S/C9H15NO2/c1-10-8(11)6-4-2-3-5-7(6)9(10)12/h6-8,11H,2-5H2,1H3. The molecule has 1 aliphatic heterocycles. The Hall–Kier alpha value is -0.570. The van der Waals surface area contributed by atoms with Crippen LogP contribution in [-0.2, 0) is 4.79 Å². The Balaban J connectivity index is 2.19. The van der Waals surface area contributed by atoms with Gasteiger partial charge in [-0.2, -0.15) is 0 Å². The molecule has 3 unspecified atom stereocenters. The van der Waals surface area contributed by atoms with Crippen LogP contribution in [0, 0.1) is 11.8 Å². The monoisotopic (exact) mass is 169 g/mol. The molecule has 1 amide bonds. The second kappa shape index (κ2) is 2.73. The van der Waals surface area contributed by atoms with Gasteiger partial charge in [-0.3, -0.25) is 4.79 Å². The molecular formula is C9H15NO2. The number of hydrogen-bond donors (Lipinski definition) is 1. The SMILES string of the molecule is CN1C(=O)C2CCCCC2C1O. The first-order valence-electron chi connectivity index (χ1n) is 4.66. The van der Waals surface area contributed by atoms with Gasteiger partial charge in [-0.15, -0.1) is 0 Å². The van der Waals surface area contributed by atoms with Gasteiger partial charge in [-0.05, 0) is 12.8 Å². The van der Waals surface area contributed by atoms with Crippen molar-refractivity contribution in [1.29, 1.82) is 0 Å². The van der Waals surface area contributed by atoms with Gasteiger partial charge in [0.05, 0.1) is 0 Å². The molecule has 1 aliphatic carbocycles. The van der Waals surface area contributed by atoms with Crippen molar-refractivity contribution in [2.45, 2.75) is 31.9 Å². The first kappa shape index (κ1) is 8.05. The molecule has 3 heteroatoms. The molecule has 0 spiro atoms. The van der Waals surface area contributed by atoms with Gasteiger partial charge in [-0.1, -0.05) is 12.8 Å². The third-order valence-corrected chi connectivity index (χ3v) is 3.26. The van der Waals surface area contributed by atoms with E-state index >= 15 is 0 Å².